The molecule has 0 bridgehead atoms. The average molecular weight is 754 g/mol. The molecular formula is C57H39NO. The molecule has 0 N–H and O–H groups in total. The lowest BCUT2D eigenvalue weighted by molar-refractivity contribution is 0.670. The molecular weight excluding hydrogens is 715 g/mol. The van der Waals surface area contributed by atoms with Crippen molar-refractivity contribution in [2.24, 2.45) is 0 Å². The number of benzene rings is 9. The summed E-state index contributed by atoms with van der Waals surface area (Å²) in [6.07, 6.45) is 2.84. The Kier molecular flexibility index (Phi) is 8.41. The van der Waals surface area contributed by atoms with E-state index in [1.54, 1.807) is 0 Å². The van der Waals surface area contributed by atoms with E-state index in [1.807, 2.05) is 18.2 Å². The molecule has 278 valence electrons. The Labute approximate surface area is 344 Å². The van der Waals surface area contributed by atoms with Crippen molar-refractivity contribution in [1.29, 1.82) is 0 Å². The van der Waals surface area contributed by atoms with E-state index in [-0.39, 0.29) is 0 Å². The third kappa shape index (κ3) is 6.14. The standard InChI is InChI=1S/C57H39NO/c1-2-38-17-19-39(20-18-38)41-25-31-46(32-26-41)58(48-35-29-43(30-36-48)49-12-7-14-52-50-10-4-3-9-45(50)37-55(49)52)47-33-27-42(28-34-47)40-21-23-44(24-22-40)51-13-8-15-54-53-11-5-6-16-56(53)59-57(51)54/h2-36H,1,37H2. The van der Waals surface area contributed by atoms with E-state index in [0.717, 1.165) is 73.2 Å². The Bertz CT molecular complexity index is 3150. The van der Waals surface area contributed by atoms with Gasteiger partial charge in [0, 0.05) is 33.4 Å². The van der Waals surface area contributed by atoms with Crippen LogP contribution in [-0.2, 0) is 6.42 Å². The fourth-order valence-electron chi connectivity index (χ4n) is 8.90. The molecule has 0 spiro atoms. The van der Waals surface area contributed by atoms with Crippen molar-refractivity contribution in [1.82, 2.24) is 0 Å². The number of para-hydroxylation sites is 2. The van der Waals surface area contributed by atoms with Crippen molar-refractivity contribution in [2.45, 2.75) is 6.42 Å². The lowest BCUT2D eigenvalue weighted by Gasteiger charge is -2.26. The maximum atomic E-state index is 6.35. The summed E-state index contributed by atoms with van der Waals surface area (Å²) in [4.78, 5) is 2.35. The first-order valence-corrected chi connectivity index (χ1v) is 20.2. The Morgan fingerprint density at radius 2 is 0.847 bits per heavy atom. The second-order valence-electron chi connectivity index (χ2n) is 15.3. The van der Waals surface area contributed by atoms with Crippen LogP contribution in [0.2, 0.25) is 0 Å². The van der Waals surface area contributed by atoms with E-state index >= 15 is 0 Å². The molecule has 0 atom stereocenters. The molecule has 9 aromatic carbocycles. The lowest BCUT2D eigenvalue weighted by Crippen LogP contribution is -2.09. The van der Waals surface area contributed by atoms with Gasteiger partial charge >= 0.3 is 0 Å². The number of furan rings is 1. The summed E-state index contributed by atoms with van der Waals surface area (Å²) in [6.45, 7) is 3.91. The number of anilines is 3. The first kappa shape index (κ1) is 34.6. The van der Waals surface area contributed by atoms with Gasteiger partial charge in [0.15, 0.2) is 0 Å². The molecule has 0 radical (unpaired) electrons. The normalized spacial score (nSPS) is 11.7. The van der Waals surface area contributed by atoms with E-state index in [0.29, 0.717) is 0 Å². The van der Waals surface area contributed by atoms with Crippen molar-refractivity contribution in [3.05, 3.63) is 230 Å². The number of hydrogen-bond donors (Lipinski definition) is 0. The second-order valence-corrected chi connectivity index (χ2v) is 15.3. The van der Waals surface area contributed by atoms with Crippen molar-refractivity contribution >= 4 is 45.1 Å². The van der Waals surface area contributed by atoms with E-state index < -0.39 is 0 Å². The van der Waals surface area contributed by atoms with Gasteiger partial charge in [-0.15, -0.1) is 0 Å². The van der Waals surface area contributed by atoms with Gasteiger partial charge in [0.05, 0.1) is 0 Å². The summed E-state index contributed by atoms with van der Waals surface area (Å²) in [5.41, 5.74) is 21.2. The summed E-state index contributed by atoms with van der Waals surface area (Å²) in [6, 6.07) is 74.4. The van der Waals surface area contributed by atoms with Crippen LogP contribution in [0, 0.1) is 0 Å². The third-order valence-electron chi connectivity index (χ3n) is 12.0. The van der Waals surface area contributed by atoms with Gasteiger partial charge in [0.25, 0.3) is 0 Å². The van der Waals surface area contributed by atoms with E-state index in [1.165, 1.54) is 44.5 Å². The third-order valence-corrected chi connectivity index (χ3v) is 12.0. The van der Waals surface area contributed by atoms with Crippen molar-refractivity contribution in [2.75, 3.05) is 4.90 Å². The van der Waals surface area contributed by atoms with Gasteiger partial charge in [-0.3, -0.25) is 0 Å². The van der Waals surface area contributed by atoms with Gasteiger partial charge in [-0.05, 0) is 116 Å². The quantitative estimate of drug-likeness (QED) is 0.154. The molecule has 0 unspecified atom stereocenters. The van der Waals surface area contributed by atoms with Crippen LogP contribution < -0.4 is 4.90 Å². The summed E-state index contributed by atoms with van der Waals surface area (Å²) in [5, 5.41) is 2.29. The second kappa shape index (κ2) is 14.4. The van der Waals surface area contributed by atoms with Gasteiger partial charge in [0.2, 0.25) is 0 Å². The SMILES string of the molecule is C=Cc1ccc(-c2ccc(N(c3ccc(-c4ccc(-c5cccc6c5oc5ccccc56)cc4)cc3)c3ccc(-c4cccc5c4Cc4ccccc4-5)cc3)cc2)cc1. The number of fused-ring (bicyclic) bond motifs is 6. The summed E-state index contributed by atoms with van der Waals surface area (Å²) in [5.74, 6) is 0. The molecule has 11 rings (SSSR count). The van der Waals surface area contributed by atoms with Crippen LogP contribution in [0.15, 0.2) is 217 Å². The first-order valence-electron chi connectivity index (χ1n) is 20.2. The number of hydrogen-bond acceptors (Lipinski definition) is 2. The fraction of sp³-hybridized carbons (Fsp3) is 0.0175. The van der Waals surface area contributed by atoms with Crippen LogP contribution in [0.25, 0.3) is 83.6 Å². The van der Waals surface area contributed by atoms with Crippen molar-refractivity contribution in [3.8, 4) is 55.6 Å². The minimum absolute atomic E-state index is 0.914. The minimum atomic E-state index is 0.914. The molecule has 1 aromatic heterocycles. The van der Waals surface area contributed by atoms with Crippen LogP contribution in [-0.4, -0.2) is 0 Å². The average Bonchev–Trinajstić information content (AvgIpc) is 3.89. The van der Waals surface area contributed by atoms with Crippen molar-refractivity contribution in [3.63, 3.8) is 0 Å². The molecule has 1 aliphatic rings. The number of nitrogens with zero attached hydrogens (tertiary/aromatic N) is 1. The molecule has 1 aliphatic carbocycles. The zero-order valence-corrected chi connectivity index (χ0v) is 32.5. The van der Waals surface area contributed by atoms with Gasteiger partial charge in [0.1, 0.15) is 11.2 Å². The van der Waals surface area contributed by atoms with Crippen molar-refractivity contribution < 1.29 is 4.42 Å². The fourth-order valence-corrected chi connectivity index (χ4v) is 8.90. The molecule has 0 fully saturated rings. The van der Waals surface area contributed by atoms with Crippen LogP contribution in [0.3, 0.4) is 0 Å². The molecule has 0 saturated heterocycles. The molecule has 0 saturated carbocycles. The minimum Gasteiger partial charge on any atom is -0.455 e. The van der Waals surface area contributed by atoms with Crippen LogP contribution >= 0.6 is 0 Å². The van der Waals surface area contributed by atoms with Gasteiger partial charge in [-0.1, -0.05) is 176 Å². The topological polar surface area (TPSA) is 16.4 Å². The predicted octanol–water partition coefficient (Wildman–Crippen LogP) is 15.9. The zero-order valence-electron chi connectivity index (χ0n) is 32.5. The molecule has 0 aliphatic heterocycles. The summed E-state index contributed by atoms with van der Waals surface area (Å²) >= 11 is 0. The molecule has 2 nitrogen and oxygen atoms in total. The Balaban J connectivity index is 0.924. The monoisotopic (exact) mass is 753 g/mol. The van der Waals surface area contributed by atoms with Crippen LogP contribution in [0.1, 0.15) is 16.7 Å². The lowest BCUT2D eigenvalue weighted by atomic mass is 9.95. The highest BCUT2D eigenvalue weighted by Gasteiger charge is 2.22. The summed E-state index contributed by atoms with van der Waals surface area (Å²) in [7, 11) is 0. The van der Waals surface area contributed by atoms with Gasteiger partial charge in [-0.2, -0.15) is 0 Å². The Hall–Kier alpha value is -7.68. The van der Waals surface area contributed by atoms with E-state index in [2.05, 4.69) is 206 Å². The van der Waals surface area contributed by atoms with Crippen LogP contribution in [0.5, 0.6) is 0 Å². The van der Waals surface area contributed by atoms with E-state index in [9.17, 15) is 0 Å². The smallest absolute Gasteiger partial charge is 0.143 e. The predicted molar refractivity (Wildman–Crippen MR) is 248 cm³/mol. The van der Waals surface area contributed by atoms with Crippen LogP contribution in [0.4, 0.5) is 17.1 Å². The Morgan fingerprint density at radius 3 is 1.51 bits per heavy atom. The van der Waals surface area contributed by atoms with Gasteiger partial charge < -0.3 is 9.32 Å². The highest BCUT2D eigenvalue weighted by molar-refractivity contribution is 6.09. The molecule has 2 heteroatoms. The summed E-state index contributed by atoms with van der Waals surface area (Å²) < 4.78 is 6.35. The molecule has 0 amide bonds. The largest absolute Gasteiger partial charge is 0.455 e. The molecule has 1 heterocycles. The van der Waals surface area contributed by atoms with E-state index in [4.69, 9.17) is 4.42 Å². The highest BCUT2D eigenvalue weighted by Crippen LogP contribution is 2.43. The zero-order chi connectivity index (χ0) is 39.3. The first-order chi connectivity index (χ1) is 29.2. The van der Waals surface area contributed by atoms with Gasteiger partial charge in [-0.25, -0.2) is 0 Å². The maximum absolute atomic E-state index is 6.35. The highest BCUT2D eigenvalue weighted by atomic mass is 16.3. The Morgan fingerprint density at radius 1 is 0.390 bits per heavy atom. The maximum Gasteiger partial charge on any atom is 0.143 e. The molecule has 10 aromatic rings. The number of rotatable bonds is 8. The molecule has 59 heavy (non-hydrogen) atoms.